The molecular weight excluding hydrogens is 269 g/mol. The van der Waals surface area contributed by atoms with Gasteiger partial charge in [0.1, 0.15) is 5.82 Å². The summed E-state index contributed by atoms with van der Waals surface area (Å²) in [6.45, 7) is 0. The molecule has 0 fully saturated rings. The molecule has 6 heteroatoms. The van der Waals surface area contributed by atoms with Gasteiger partial charge in [-0.15, -0.1) is 12.3 Å². The Hall–Kier alpha value is -1.90. The summed E-state index contributed by atoms with van der Waals surface area (Å²) in [5.74, 6) is 2.74. The zero-order chi connectivity index (χ0) is 13.8. The van der Waals surface area contributed by atoms with Gasteiger partial charge in [0, 0.05) is 17.9 Å². The summed E-state index contributed by atoms with van der Waals surface area (Å²) in [6, 6.07) is 3.67. The molecule has 19 heavy (non-hydrogen) atoms. The number of terminal acetylenes is 1. The van der Waals surface area contributed by atoms with Crippen LogP contribution in [0.25, 0.3) is 0 Å². The molecule has 0 radical (unpaired) electrons. The topological polar surface area (TPSA) is 64.9 Å². The molecule has 0 amide bonds. The summed E-state index contributed by atoms with van der Waals surface area (Å²) < 4.78 is 17.9. The lowest BCUT2D eigenvalue weighted by Gasteiger charge is -2.01. The van der Waals surface area contributed by atoms with Crippen LogP contribution in [-0.2, 0) is 6.42 Å². The lowest BCUT2D eigenvalue weighted by Crippen LogP contribution is -2.09. The Morgan fingerprint density at radius 3 is 3.00 bits per heavy atom. The number of rotatable bonds is 4. The highest BCUT2D eigenvalue weighted by Crippen LogP contribution is 2.20. The number of nitrogens with zero attached hydrogens (tertiary/aromatic N) is 2. The molecule has 0 saturated carbocycles. The van der Waals surface area contributed by atoms with E-state index in [4.69, 9.17) is 28.3 Å². The third kappa shape index (κ3) is 3.31. The van der Waals surface area contributed by atoms with Crippen molar-refractivity contribution in [3.63, 3.8) is 0 Å². The highest BCUT2D eigenvalue weighted by molar-refractivity contribution is 6.31. The van der Waals surface area contributed by atoms with Gasteiger partial charge < -0.3 is 10.3 Å². The van der Waals surface area contributed by atoms with E-state index < -0.39 is 11.9 Å². The molecule has 1 heterocycles. The number of nitrogens with two attached hydrogens (primary N) is 1. The monoisotopic (exact) mass is 279 g/mol. The quantitative estimate of drug-likeness (QED) is 0.873. The fourth-order valence-electron chi connectivity index (χ4n) is 1.54. The number of benzene rings is 1. The van der Waals surface area contributed by atoms with E-state index >= 15 is 0 Å². The largest absolute Gasteiger partial charge is 0.338 e. The Kier molecular flexibility index (Phi) is 4.15. The zero-order valence-electron chi connectivity index (χ0n) is 9.94. The minimum atomic E-state index is -0.477. The molecule has 2 N–H and O–H groups in total. The van der Waals surface area contributed by atoms with Crippen molar-refractivity contribution in [2.24, 2.45) is 5.73 Å². The molecule has 0 bridgehead atoms. The van der Waals surface area contributed by atoms with E-state index in [2.05, 4.69) is 16.1 Å². The van der Waals surface area contributed by atoms with Crippen molar-refractivity contribution in [3.05, 3.63) is 46.3 Å². The molecule has 2 rings (SSSR count). The van der Waals surface area contributed by atoms with E-state index in [0.29, 0.717) is 29.3 Å². The molecule has 2 aromatic rings. The normalized spacial score (nSPS) is 12.1. The molecule has 1 atom stereocenters. The lowest BCUT2D eigenvalue weighted by atomic mass is 10.1. The second-order valence-corrected chi connectivity index (χ2v) is 4.38. The molecule has 1 aromatic heterocycles. The second kappa shape index (κ2) is 5.83. The summed E-state index contributed by atoms with van der Waals surface area (Å²) in [5, 5.41) is 4.11. The summed E-state index contributed by atoms with van der Waals surface area (Å²) in [5.41, 5.74) is 6.46. The maximum absolute atomic E-state index is 12.9. The van der Waals surface area contributed by atoms with Crippen molar-refractivity contribution < 1.29 is 8.91 Å². The van der Waals surface area contributed by atoms with Crippen molar-refractivity contribution in [2.75, 3.05) is 0 Å². The van der Waals surface area contributed by atoms with Crippen molar-refractivity contribution >= 4 is 11.6 Å². The van der Waals surface area contributed by atoms with E-state index in [9.17, 15) is 4.39 Å². The average Bonchev–Trinajstić information content (AvgIpc) is 2.82. The van der Waals surface area contributed by atoms with E-state index in [0.717, 1.165) is 0 Å². The van der Waals surface area contributed by atoms with Crippen LogP contribution in [0.2, 0.25) is 5.02 Å². The van der Waals surface area contributed by atoms with Crippen molar-refractivity contribution in [3.8, 4) is 12.3 Å². The van der Waals surface area contributed by atoms with Crippen LogP contribution in [0.4, 0.5) is 4.39 Å². The molecule has 98 valence electrons. The van der Waals surface area contributed by atoms with E-state index in [-0.39, 0.29) is 5.89 Å². The van der Waals surface area contributed by atoms with Crippen LogP contribution in [0, 0.1) is 18.2 Å². The van der Waals surface area contributed by atoms with Crippen molar-refractivity contribution in [2.45, 2.75) is 18.9 Å². The Morgan fingerprint density at radius 1 is 1.53 bits per heavy atom. The van der Waals surface area contributed by atoms with Gasteiger partial charge in [0.05, 0.1) is 6.04 Å². The van der Waals surface area contributed by atoms with Gasteiger partial charge >= 0.3 is 0 Å². The molecule has 1 unspecified atom stereocenters. The summed E-state index contributed by atoms with van der Waals surface area (Å²) >= 11 is 5.92. The molecule has 0 aliphatic heterocycles. The van der Waals surface area contributed by atoms with Gasteiger partial charge in [0.25, 0.3) is 0 Å². The fraction of sp³-hybridized carbons (Fsp3) is 0.231. The van der Waals surface area contributed by atoms with Crippen LogP contribution in [0.15, 0.2) is 22.7 Å². The molecule has 0 spiro atoms. The summed E-state index contributed by atoms with van der Waals surface area (Å²) in [4.78, 5) is 4.14. The maximum atomic E-state index is 12.9. The second-order valence-electron chi connectivity index (χ2n) is 3.98. The molecule has 0 aliphatic rings. The number of hydrogen-bond acceptors (Lipinski definition) is 4. The molecule has 4 nitrogen and oxygen atoms in total. The molecule has 0 aliphatic carbocycles. The van der Waals surface area contributed by atoms with Gasteiger partial charge in [-0.2, -0.15) is 4.98 Å². The first-order chi connectivity index (χ1) is 9.10. The van der Waals surface area contributed by atoms with Gasteiger partial charge in [-0.25, -0.2) is 4.39 Å². The van der Waals surface area contributed by atoms with Gasteiger partial charge in [-0.1, -0.05) is 22.8 Å². The van der Waals surface area contributed by atoms with Crippen LogP contribution >= 0.6 is 11.6 Å². The predicted molar refractivity (Wildman–Crippen MR) is 68.9 cm³/mol. The third-order valence-electron chi connectivity index (χ3n) is 2.50. The van der Waals surface area contributed by atoms with Crippen LogP contribution in [0.3, 0.4) is 0 Å². The van der Waals surface area contributed by atoms with Crippen molar-refractivity contribution in [1.29, 1.82) is 0 Å². The third-order valence-corrected chi connectivity index (χ3v) is 2.85. The van der Waals surface area contributed by atoms with Gasteiger partial charge in [0.15, 0.2) is 5.82 Å². The first-order valence-electron chi connectivity index (χ1n) is 5.55. The minimum Gasteiger partial charge on any atom is -0.338 e. The number of halogens is 2. The van der Waals surface area contributed by atoms with Crippen LogP contribution in [0.1, 0.15) is 29.7 Å². The highest BCUT2D eigenvalue weighted by Gasteiger charge is 2.14. The Balaban J connectivity index is 2.14. The SMILES string of the molecule is C#CCC(N)c1nc(Cc2ccc(F)cc2Cl)no1. The van der Waals surface area contributed by atoms with Crippen LogP contribution < -0.4 is 5.73 Å². The Labute approximate surface area is 114 Å². The maximum Gasteiger partial charge on any atom is 0.244 e. The lowest BCUT2D eigenvalue weighted by molar-refractivity contribution is 0.353. The molecule has 1 aromatic carbocycles. The average molecular weight is 280 g/mol. The molecular formula is C13H11ClFN3O. The first-order valence-corrected chi connectivity index (χ1v) is 5.93. The zero-order valence-corrected chi connectivity index (χ0v) is 10.7. The summed E-state index contributed by atoms with van der Waals surface area (Å²) in [7, 11) is 0. The predicted octanol–water partition coefficient (Wildman–Crippen LogP) is 2.48. The van der Waals surface area contributed by atoms with Gasteiger partial charge in [-0.05, 0) is 17.7 Å². The standard InChI is InChI=1S/C13H11ClFN3O/c1-2-3-11(16)13-17-12(18-19-13)6-8-4-5-9(15)7-10(8)14/h1,4-5,7,11H,3,6,16H2. The van der Waals surface area contributed by atoms with E-state index in [1.807, 2.05) is 0 Å². The first kappa shape index (κ1) is 13.5. The van der Waals surface area contributed by atoms with Gasteiger partial charge in [0.2, 0.25) is 5.89 Å². The van der Waals surface area contributed by atoms with Crippen LogP contribution in [0.5, 0.6) is 0 Å². The van der Waals surface area contributed by atoms with Gasteiger partial charge in [-0.3, -0.25) is 0 Å². The Bertz CT molecular complexity index is 621. The van der Waals surface area contributed by atoms with Crippen molar-refractivity contribution in [1.82, 2.24) is 10.1 Å². The highest BCUT2D eigenvalue weighted by atomic mass is 35.5. The molecule has 0 saturated heterocycles. The number of aromatic nitrogens is 2. The minimum absolute atomic E-state index is 0.284. The number of hydrogen-bond donors (Lipinski definition) is 1. The van der Waals surface area contributed by atoms with E-state index in [1.165, 1.54) is 12.1 Å². The summed E-state index contributed by atoms with van der Waals surface area (Å²) in [6.07, 6.45) is 5.82. The van der Waals surface area contributed by atoms with Crippen LogP contribution in [-0.4, -0.2) is 10.1 Å². The fourth-order valence-corrected chi connectivity index (χ4v) is 1.77. The smallest absolute Gasteiger partial charge is 0.244 e. The Morgan fingerprint density at radius 2 is 2.32 bits per heavy atom. The van der Waals surface area contributed by atoms with E-state index in [1.54, 1.807) is 6.07 Å².